The van der Waals surface area contributed by atoms with Crippen LogP contribution in [0.1, 0.15) is 15.2 Å². The lowest BCUT2D eigenvalue weighted by Crippen LogP contribution is -2.42. The summed E-state index contributed by atoms with van der Waals surface area (Å²) < 4.78 is 1.21. The van der Waals surface area contributed by atoms with Crippen molar-refractivity contribution >= 4 is 44.2 Å². The average Bonchev–Trinajstić information content (AvgIpc) is 3.29. The van der Waals surface area contributed by atoms with E-state index in [2.05, 4.69) is 29.4 Å². The van der Waals surface area contributed by atoms with Crippen molar-refractivity contribution in [3.63, 3.8) is 0 Å². The summed E-state index contributed by atoms with van der Waals surface area (Å²) >= 11 is 3.42. The number of fused-ring (bicyclic) bond motifs is 1. The minimum absolute atomic E-state index is 0.106. The smallest absolute Gasteiger partial charge is 0.257 e. The van der Waals surface area contributed by atoms with Crippen molar-refractivity contribution in [2.75, 3.05) is 37.6 Å². The Morgan fingerprint density at radius 1 is 1.30 bits per heavy atom. The average molecular weight is 421 g/mol. The van der Waals surface area contributed by atoms with Crippen LogP contribution in [0.15, 0.2) is 45.9 Å². The van der Waals surface area contributed by atoms with Gasteiger partial charge in [0.1, 0.15) is 9.88 Å². The number of amides is 1. The standard InChI is InChI=1S/C19H24N4OS3/c1-27(2,3)18-21-10-15(26-18)19-12-20-9-14(19)11-25-17(23-19)22-16(24)13-7-5-4-6-8-13/h4-8,10,14,20H,9,11-12H2,1-3H3,(H,22,23,24). The van der Waals surface area contributed by atoms with Gasteiger partial charge in [-0.25, -0.2) is 9.98 Å². The predicted molar refractivity (Wildman–Crippen MR) is 118 cm³/mol. The van der Waals surface area contributed by atoms with Crippen molar-refractivity contribution < 1.29 is 4.79 Å². The highest BCUT2D eigenvalue weighted by Crippen LogP contribution is 2.51. The first-order chi connectivity index (χ1) is 12.9. The molecule has 2 aromatic rings. The molecule has 3 heterocycles. The summed E-state index contributed by atoms with van der Waals surface area (Å²) in [6.45, 7) is 1.75. The number of thioether (sulfide) groups is 1. The molecule has 0 bridgehead atoms. The van der Waals surface area contributed by atoms with Crippen LogP contribution in [0, 0.1) is 5.92 Å². The zero-order valence-corrected chi connectivity index (χ0v) is 18.1. The van der Waals surface area contributed by atoms with E-state index in [4.69, 9.17) is 9.98 Å². The van der Waals surface area contributed by atoms with Crippen molar-refractivity contribution in [3.8, 4) is 0 Å². The largest absolute Gasteiger partial charge is 0.314 e. The van der Waals surface area contributed by atoms with Gasteiger partial charge in [0, 0.05) is 36.5 Å². The molecule has 1 aromatic heterocycles. The van der Waals surface area contributed by atoms with E-state index in [1.165, 1.54) is 9.22 Å². The third-order valence-corrected chi connectivity index (χ3v) is 9.77. The molecule has 0 spiro atoms. The molecule has 0 aliphatic carbocycles. The molecule has 1 saturated heterocycles. The fraction of sp³-hybridized carbons (Fsp3) is 0.421. The highest BCUT2D eigenvalue weighted by Gasteiger charge is 2.48. The van der Waals surface area contributed by atoms with E-state index in [1.807, 2.05) is 36.5 Å². The number of rotatable bonds is 3. The Hall–Kier alpha value is -1.35. The van der Waals surface area contributed by atoms with Gasteiger partial charge in [0.05, 0.1) is 4.88 Å². The van der Waals surface area contributed by atoms with Crippen LogP contribution in [0.4, 0.5) is 0 Å². The lowest BCUT2D eigenvalue weighted by atomic mass is 9.87. The Morgan fingerprint density at radius 2 is 2.07 bits per heavy atom. The molecular weight excluding hydrogens is 396 g/mol. The Kier molecular flexibility index (Phi) is 5.09. The van der Waals surface area contributed by atoms with Crippen molar-refractivity contribution in [2.45, 2.75) is 9.88 Å². The topological polar surface area (TPSA) is 66.4 Å². The minimum Gasteiger partial charge on any atom is -0.314 e. The molecule has 2 aliphatic rings. The van der Waals surface area contributed by atoms with Crippen molar-refractivity contribution in [2.24, 2.45) is 10.9 Å². The lowest BCUT2D eigenvalue weighted by molar-refractivity contribution is 0.0977. The Morgan fingerprint density at radius 3 is 2.78 bits per heavy atom. The molecule has 2 atom stereocenters. The van der Waals surface area contributed by atoms with Gasteiger partial charge in [-0.1, -0.05) is 30.0 Å². The first-order valence-corrected chi connectivity index (χ1v) is 13.5. The molecule has 1 fully saturated rings. The van der Waals surface area contributed by atoms with Crippen molar-refractivity contribution in [1.82, 2.24) is 15.6 Å². The second-order valence-corrected chi connectivity index (χ2v) is 14.0. The summed E-state index contributed by atoms with van der Waals surface area (Å²) in [5, 5.41) is 7.23. The molecule has 5 nitrogen and oxygen atoms in total. The molecule has 1 aromatic carbocycles. The number of hydrogen-bond donors (Lipinski definition) is 2. The second kappa shape index (κ2) is 7.24. The lowest BCUT2D eigenvalue weighted by Gasteiger charge is -2.34. The number of carbonyl (C=O) groups is 1. The molecule has 2 aliphatic heterocycles. The minimum atomic E-state index is -0.858. The number of carbonyl (C=O) groups excluding carboxylic acids is 1. The van der Waals surface area contributed by atoms with Gasteiger partial charge in [0.15, 0.2) is 5.17 Å². The van der Waals surface area contributed by atoms with E-state index < -0.39 is 10.0 Å². The third kappa shape index (κ3) is 3.68. The monoisotopic (exact) mass is 420 g/mol. The number of thiazole rings is 1. The number of nitrogens with one attached hydrogen (secondary N) is 2. The number of amidine groups is 1. The second-order valence-electron chi connectivity index (χ2n) is 7.63. The van der Waals surface area contributed by atoms with Gasteiger partial charge in [-0.15, -0.1) is 11.3 Å². The predicted octanol–water partition coefficient (Wildman–Crippen LogP) is 3.14. The van der Waals surface area contributed by atoms with Crippen LogP contribution in [-0.4, -0.2) is 53.7 Å². The zero-order valence-electron chi connectivity index (χ0n) is 15.7. The third-order valence-electron chi connectivity index (χ3n) is 4.87. The van der Waals surface area contributed by atoms with Crippen LogP contribution < -0.4 is 10.6 Å². The maximum Gasteiger partial charge on any atom is 0.257 e. The molecule has 27 heavy (non-hydrogen) atoms. The van der Waals surface area contributed by atoms with Gasteiger partial charge < -0.3 is 10.6 Å². The van der Waals surface area contributed by atoms with Crippen LogP contribution in [0.25, 0.3) is 0 Å². The van der Waals surface area contributed by atoms with E-state index in [-0.39, 0.29) is 11.4 Å². The Balaban J connectivity index is 1.64. The normalized spacial score (nSPS) is 25.6. The highest BCUT2D eigenvalue weighted by molar-refractivity contribution is 8.33. The molecule has 2 unspecified atom stereocenters. The van der Waals surface area contributed by atoms with Crippen molar-refractivity contribution in [3.05, 3.63) is 47.0 Å². The summed E-state index contributed by atoms with van der Waals surface area (Å²) in [5.41, 5.74) is 0.337. The summed E-state index contributed by atoms with van der Waals surface area (Å²) in [7, 11) is -0.858. The molecule has 144 valence electrons. The quantitative estimate of drug-likeness (QED) is 0.801. The maximum atomic E-state index is 12.6. The van der Waals surface area contributed by atoms with Gasteiger partial charge in [0.2, 0.25) is 0 Å². The van der Waals surface area contributed by atoms with E-state index >= 15 is 0 Å². The van der Waals surface area contributed by atoms with Crippen LogP contribution in [-0.2, 0) is 5.54 Å². The van der Waals surface area contributed by atoms with Gasteiger partial charge in [-0.2, -0.15) is 10.0 Å². The van der Waals surface area contributed by atoms with Gasteiger partial charge in [0.25, 0.3) is 5.91 Å². The summed E-state index contributed by atoms with van der Waals surface area (Å²) in [6, 6.07) is 9.29. The van der Waals surface area contributed by atoms with E-state index in [9.17, 15) is 4.79 Å². The number of nitrogens with zero attached hydrogens (tertiary/aromatic N) is 2. The Bertz CT molecular complexity index is 875. The van der Waals surface area contributed by atoms with Crippen molar-refractivity contribution in [1.29, 1.82) is 0 Å². The molecule has 2 N–H and O–H groups in total. The number of hydrogen-bond acceptors (Lipinski definition) is 6. The van der Waals surface area contributed by atoms with Gasteiger partial charge in [-0.05, 0) is 30.9 Å². The first kappa shape index (κ1) is 19.0. The van der Waals surface area contributed by atoms with Crippen LogP contribution >= 0.6 is 33.1 Å². The fourth-order valence-corrected chi connectivity index (χ4v) is 7.02. The van der Waals surface area contributed by atoms with Gasteiger partial charge >= 0.3 is 0 Å². The summed E-state index contributed by atoms with van der Waals surface area (Å²) in [6.07, 6.45) is 8.81. The van der Waals surface area contributed by atoms with E-state index in [0.717, 1.165) is 18.8 Å². The van der Waals surface area contributed by atoms with Crippen LogP contribution in [0.2, 0.25) is 0 Å². The number of benzene rings is 1. The number of aliphatic imine (C=N–C) groups is 1. The SMILES string of the molecule is CS(C)(C)c1ncc(C23CNCC2CSC(NC(=O)c2ccccc2)=N3)s1. The van der Waals surface area contributed by atoms with Crippen LogP contribution in [0.5, 0.6) is 0 Å². The van der Waals surface area contributed by atoms with E-state index in [0.29, 0.717) is 16.6 Å². The molecule has 0 saturated carbocycles. The molecule has 8 heteroatoms. The molecular formula is C19H24N4OS3. The van der Waals surface area contributed by atoms with E-state index in [1.54, 1.807) is 23.1 Å². The summed E-state index contributed by atoms with van der Waals surface area (Å²) in [5.74, 6) is 1.25. The molecule has 0 radical (unpaired) electrons. The van der Waals surface area contributed by atoms with Crippen LogP contribution in [0.3, 0.4) is 0 Å². The van der Waals surface area contributed by atoms with Gasteiger partial charge in [-0.3, -0.25) is 4.79 Å². The Labute approximate surface area is 169 Å². The molecule has 4 rings (SSSR count). The highest BCUT2D eigenvalue weighted by atomic mass is 32.3. The zero-order chi connectivity index (χ0) is 19.1. The first-order valence-electron chi connectivity index (χ1n) is 8.83. The number of aromatic nitrogens is 1. The summed E-state index contributed by atoms with van der Waals surface area (Å²) in [4.78, 5) is 23.6. The molecule has 1 amide bonds. The maximum absolute atomic E-state index is 12.6. The fourth-order valence-electron chi connectivity index (χ4n) is 3.38.